The summed E-state index contributed by atoms with van der Waals surface area (Å²) in [5, 5.41) is 36.4. The fourth-order valence-electron chi connectivity index (χ4n) is 8.43. The van der Waals surface area contributed by atoms with Gasteiger partial charge in [-0.2, -0.15) is 0 Å². The molecule has 0 spiro atoms. The van der Waals surface area contributed by atoms with Crippen LogP contribution in [0.5, 0.6) is 11.5 Å². The van der Waals surface area contributed by atoms with Crippen molar-refractivity contribution in [3.63, 3.8) is 0 Å². The van der Waals surface area contributed by atoms with Gasteiger partial charge in [0.25, 0.3) is 0 Å². The van der Waals surface area contributed by atoms with Crippen molar-refractivity contribution < 1.29 is 29.3 Å². The zero-order chi connectivity index (χ0) is 42.0. The van der Waals surface area contributed by atoms with Gasteiger partial charge in [-0.05, 0) is 91.8 Å². The Labute approximate surface area is 363 Å². The van der Waals surface area contributed by atoms with Crippen LogP contribution >= 0.6 is 45.7 Å². The Bertz CT molecular complexity index is 3010. The van der Waals surface area contributed by atoms with E-state index in [0.717, 1.165) is 81.3 Å². The Morgan fingerprint density at radius 3 is 1.72 bits per heavy atom. The lowest BCUT2D eigenvalue weighted by Crippen LogP contribution is -2.63. The van der Waals surface area contributed by atoms with Crippen molar-refractivity contribution in [2.24, 2.45) is 11.8 Å². The molecule has 3 aliphatic rings. The summed E-state index contributed by atoms with van der Waals surface area (Å²) in [5.74, 6) is 1.79. The van der Waals surface area contributed by atoms with Gasteiger partial charge in [0.05, 0.1) is 70.4 Å². The second kappa shape index (κ2) is 15.6. The van der Waals surface area contributed by atoms with E-state index in [1.807, 2.05) is 24.3 Å². The Hall–Kier alpha value is -5.74. The quantitative estimate of drug-likeness (QED) is 0.123. The number of methoxy groups -OCH3 is 2. The molecule has 1 fully saturated rings. The number of likely N-dealkylation sites (tertiary alicyclic amines) is 1. The number of aryl methyl sites for hydroxylation is 2. The summed E-state index contributed by atoms with van der Waals surface area (Å²) >= 11 is 5.84. The topological polar surface area (TPSA) is 223 Å². The maximum absolute atomic E-state index is 12.9. The molecule has 1 saturated heterocycles. The second-order valence-corrected chi connectivity index (χ2v) is 19.3. The number of aliphatic carboxylic acids is 1. The molecular weight excluding hydrogens is 859 g/mol. The third kappa shape index (κ3) is 7.32. The summed E-state index contributed by atoms with van der Waals surface area (Å²) in [6.07, 6.45) is 7.27. The number of carboxylic acids is 1. The van der Waals surface area contributed by atoms with E-state index >= 15 is 0 Å². The van der Waals surface area contributed by atoms with Crippen LogP contribution < -0.4 is 20.1 Å². The molecule has 1 amide bonds. The molecule has 11 rings (SSSR count). The fourth-order valence-corrected chi connectivity index (χ4v) is 12.1. The smallest absolute Gasteiger partial charge is 0.306 e. The lowest BCUT2D eigenvalue weighted by molar-refractivity contribution is -0.157. The molecule has 0 bridgehead atoms. The molecule has 2 aliphatic carbocycles. The number of aromatic nitrogens is 8. The number of ether oxygens (including phenoxy) is 2. The number of thiophene rings is 2. The Kier molecular flexibility index (Phi) is 10.1. The molecule has 2 atom stereocenters. The van der Waals surface area contributed by atoms with Crippen LogP contribution in [0.1, 0.15) is 40.6 Å². The number of fused-ring (bicyclic) bond motifs is 8. The maximum Gasteiger partial charge on any atom is 0.306 e. The number of carbonyl (C=O) groups excluding carboxylic acids is 1. The third-order valence-corrected chi connectivity index (χ3v) is 15.1. The van der Waals surface area contributed by atoms with Gasteiger partial charge in [-0.15, -0.1) is 32.9 Å². The number of nitrogens with zero attached hydrogens (tertiary/aromatic N) is 9. The van der Waals surface area contributed by atoms with Crippen LogP contribution in [0.25, 0.3) is 40.9 Å². The average molecular weight is 896 g/mol. The van der Waals surface area contributed by atoms with Gasteiger partial charge >= 0.3 is 5.97 Å². The number of hydrogen-bond donors (Lipinski definition) is 4. The van der Waals surface area contributed by atoms with Crippen molar-refractivity contribution in [2.75, 3.05) is 37.9 Å². The number of aliphatic hydroxyl groups is 1. The molecular formula is C40H37N11O6S4. The minimum Gasteiger partial charge on any atom is -0.494 e. The zero-order valence-corrected chi connectivity index (χ0v) is 36.2. The van der Waals surface area contributed by atoms with Crippen molar-refractivity contribution in [3.05, 3.63) is 57.8 Å². The number of rotatable bonds is 8. The second-order valence-electron chi connectivity index (χ2n) is 15.6. The van der Waals surface area contributed by atoms with Crippen molar-refractivity contribution in [3.8, 4) is 11.5 Å². The first-order valence-corrected chi connectivity index (χ1v) is 22.6. The molecule has 2 aromatic carbocycles. The van der Waals surface area contributed by atoms with E-state index in [1.165, 1.54) is 39.8 Å². The highest BCUT2D eigenvalue weighted by molar-refractivity contribution is 7.19. The molecule has 4 N–H and O–H groups in total. The number of benzene rings is 2. The number of carbonyl (C=O) groups is 2. The molecule has 1 aliphatic heterocycles. The molecule has 0 saturated carbocycles. The molecule has 61 heavy (non-hydrogen) atoms. The van der Waals surface area contributed by atoms with Crippen molar-refractivity contribution >= 4 is 121 Å². The van der Waals surface area contributed by atoms with Gasteiger partial charge in [0.2, 0.25) is 5.91 Å². The van der Waals surface area contributed by atoms with Crippen LogP contribution in [0.2, 0.25) is 0 Å². The first kappa shape index (κ1) is 39.4. The van der Waals surface area contributed by atoms with E-state index in [1.54, 1.807) is 55.0 Å². The molecule has 21 heteroatoms. The van der Waals surface area contributed by atoms with Gasteiger partial charge in [0.15, 0.2) is 0 Å². The largest absolute Gasteiger partial charge is 0.494 e. The van der Waals surface area contributed by atoms with Crippen LogP contribution in [0.3, 0.4) is 0 Å². The lowest BCUT2D eigenvalue weighted by atomic mass is 9.85. The maximum atomic E-state index is 12.9. The minimum absolute atomic E-state index is 0.0487. The highest BCUT2D eigenvalue weighted by Gasteiger charge is 2.42. The molecule has 6 aromatic heterocycles. The third-order valence-electron chi connectivity index (χ3n) is 11.4. The minimum atomic E-state index is -0.747. The summed E-state index contributed by atoms with van der Waals surface area (Å²) in [4.78, 5) is 48.1. The van der Waals surface area contributed by atoms with Crippen LogP contribution in [0.4, 0.5) is 23.0 Å². The zero-order valence-electron chi connectivity index (χ0n) is 33.0. The standard InChI is InChI=1S/C22H22N6O3S2.C18H15N5O3S2/c1-22(30)8-28(9-22)21(29)11-3-4-12-16(5-11)32-20-18(12)19(23-10-24-20)25-13-7-17-14(26-27-33-17)6-15(13)31-2;1-26-12-5-11-14(28-23-22-11)6-10(12)21-16-15-9-3-2-8(18(24)25)4-13(9)27-17(15)20-7-19-16/h6-7,10-11,30H,3-5,8-9H2,1-2H3,(H,23,24,25);5-8H,2-4H2,1H3,(H,24,25)(H,19,20,21)/t11-;8-/m00/s1. The van der Waals surface area contributed by atoms with Gasteiger partial charge < -0.3 is 35.2 Å². The van der Waals surface area contributed by atoms with Crippen molar-refractivity contribution in [1.82, 2.24) is 44.0 Å². The van der Waals surface area contributed by atoms with Gasteiger partial charge in [-0.3, -0.25) is 9.59 Å². The number of anilines is 4. The van der Waals surface area contributed by atoms with Gasteiger partial charge in [-0.1, -0.05) is 8.98 Å². The number of carboxylic acid groups (broad SMARTS) is 1. The van der Waals surface area contributed by atoms with E-state index < -0.39 is 11.6 Å². The molecule has 8 aromatic rings. The normalized spacial score (nSPS) is 17.9. The average Bonchev–Trinajstić information content (AvgIpc) is 4.06. The Morgan fingerprint density at radius 2 is 1.25 bits per heavy atom. The summed E-state index contributed by atoms with van der Waals surface area (Å²) in [5.41, 5.74) is 4.78. The van der Waals surface area contributed by atoms with E-state index in [2.05, 4.69) is 49.7 Å². The number of β-amino-alcohol motifs (C(OH)–C–C–N with tert-alkyl or cyclic N) is 1. The first-order valence-electron chi connectivity index (χ1n) is 19.4. The molecule has 7 heterocycles. The van der Waals surface area contributed by atoms with Crippen LogP contribution in [-0.2, 0) is 35.3 Å². The lowest BCUT2D eigenvalue weighted by Gasteiger charge is -2.45. The molecule has 0 unspecified atom stereocenters. The summed E-state index contributed by atoms with van der Waals surface area (Å²) in [7, 11) is 3.24. The summed E-state index contributed by atoms with van der Waals surface area (Å²) in [6.45, 7) is 2.61. The highest BCUT2D eigenvalue weighted by Crippen LogP contribution is 2.44. The van der Waals surface area contributed by atoms with Gasteiger partial charge in [-0.25, -0.2) is 19.9 Å². The Balaban J connectivity index is 0.000000148. The number of hydrogen-bond acceptors (Lipinski definition) is 19. The molecule has 312 valence electrons. The van der Waals surface area contributed by atoms with Crippen LogP contribution in [-0.4, -0.2) is 99.0 Å². The predicted molar refractivity (Wildman–Crippen MR) is 235 cm³/mol. The van der Waals surface area contributed by atoms with Crippen LogP contribution in [0, 0.1) is 11.8 Å². The van der Waals surface area contributed by atoms with Crippen molar-refractivity contribution in [2.45, 2.75) is 51.0 Å². The summed E-state index contributed by atoms with van der Waals surface area (Å²) < 4.78 is 21.0. The summed E-state index contributed by atoms with van der Waals surface area (Å²) in [6, 6.07) is 7.64. The van der Waals surface area contributed by atoms with E-state index in [0.29, 0.717) is 56.1 Å². The fraction of sp³-hybridized carbons (Fsp3) is 0.350. The van der Waals surface area contributed by atoms with Crippen LogP contribution in [0.15, 0.2) is 36.9 Å². The predicted octanol–water partition coefficient (Wildman–Crippen LogP) is 6.78. The highest BCUT2D eigenvalue weighted by atomic mass is 32.1. The SMILES string of the molecule is COc1cc2nnsc2cc1Nc1ncnc2sc3c(c12)CC[C@H](C(=O)N1CC(C)(O)C1)C3.COc1cc2nnsc2cc1Nc1ncnc2sc3c(c12)CC[C@H](C(=O)O)C3. The van der Waals surface area contributed by atoms with E-state index in [4.69, 9.17) is 9.47 Å². The van der Waals surface area contributed by atoms with E-state index in [9.17, 15) is 19.8 Å². The monoisotopic (exact) mass is 895 g/mol. The molecule has 0 radical (unpaired) electrons. The van der Waals surface area contributed by atoms with Crippen molar-refractivity contribution in [1.29, 1.82) is 0 Å². The molecule has 17 nitrogen and oxygen atoms in total. The van der Waals surface area contributed by atoms with Gasteiger partial charge in [0.1, 0.15) is 56.5 Å². The first-order chi connectivity index (χ1) is 29.6. The number of amides is 1. The Morgan fingerprint density at radius 1 is 0.754 bits per heavy atom. The van der Waals surface area contributed by atoms with Gasteiger partial charge in [0, 0.05) is 27.8 Å². The number of nitrogens with one attached hydrogen (secondary N) is 2. The van der Waals surface area contributed by atoms with E-state index in [-0.39, 0.29) is 17.7 Å².